The van der Waals surface area contributed by atoms with Crippen LogP contribution in [-0.4, -0.2) is 10.1 Å². The maximum atomic E-state index is 8.63. The van der Waals surface area contributed by atoms with E-state index in [1.165, 1.54) is 0 Å². The highest BCUT2D eigenvalue weighted by atomic mass is 79.9. The summed E-state index contributed by atoms with van der Waals surface area (Å²) in [6, 6.07) is 14.4. The first kappa shape index (κ1) is 10.7. The normalized spacial score (nSPS) is 8.64. The van der Waals surface area contributed by atoms with E-state index in [1.54, 1.807) is 30.5 Å². The monoisotopic (exact) mass is 251 g/mol. The first-order chi connectivity index (χ1) is 6.79. The van der Waals surface area contributed by atoms with Crippen molar-refractivity contribution in [3.8, 4) is 5.75 Å². The van der Waals surface area contributed by atoms with Crippen LogP contribution in [0.5, 0.6) is 5.75 Å². The van der Waals surface area contributed by atoms with Crippen LogP contribution in [0.1, 0.15) is 0 Å². The largest absolute Gasteiger partial charge is 0.508 e. The van der Waals surface area contributed by atoms with Crippen molar-refractivity contribution in [2.24, 2.45) is 0 Å². The highest BCUT2D eigenvalue weighted by Crippen LogP contribution is 2.02. The van der Waals surface area contributed by atoms with Gasteiger partial charge >= 0.3 is 0 Å². The Morgan fingerprint density at radius 1 is 0.929 bits per heavy atom. The van der Waals surface area contributed by atoms with Crippen molar-refractivity contribution in [2.75, 3.05) is 0 Å². The lowest BCUT2D eigenvalue weighted by Gasteiger charge is -1.82. The van der Waals surface area contributed by atoms with Crippen molar-refractivity contribution < 1.29 is 5.11 Å². The Kier molecular flexibility index (Phi) is 4.72. The molecule has 0 atom stereocenters. The fourth-order valence-corrected chi connectivity index (χ4v) is 1.04. The van der Waals surface area contributed by atoms with E-state index in [9.17, 15) is 0 Å². The van der Waals surface area contributed by atoms with E-state index >= 15 is 0 Å². The van der Waals surface area contributed by atoms with Gasteiger partial charge in [0.05, 0.1) is 0 Å². The molecule has 1 aromatic carbocycles. The molecule has 1 heterocycles. The van der Waals surface area contributed by atoms with Crippen LogP contribution in [0, 0.1) is 0 Å². The standard InChI is InChI=1S/C6H6O.C5H4BrN/c7-6-4-2-1-3-5-6;6-5-3-1-2-4-7-5/h1-5,7H;1-4H. The molecule has 2 nitrogen and oxygen atoms in total. The molecule has 0 fully saturated rings. The third kappa shape index (κ3) is 4.62. The number of para-hydroxylation sites is 1. The zero-order valence-electron chi connectivity index (χ0n) is 7.47. The molecule has 0 radical (unpaired) electrons. The summed E-state index contributed by atoms with van der Waals surface area (Å²) in [4.78, 5) is 3.90. The van der Waals surface area contributed by atoms with E-state index in [0.717, 1.165) is 4.60 Å². The lowest BCUT2D eigenvalue weighted by Crippen LogP contribution is -1.66. The van der Waals surface area contributed by atoms with Crippen molar-refractivity contribution in [1.29, 1.82) is 0 Å². The minimum Gasteiger partial charge on any atom is -0.508 e. The lowest BCUT2D eigenvalue weighted by molar-refractivity contribution is 0.475. The van der Waals surface area contributed by atoms with Crippen molar-refractivity contribution in [1.82, 2.24) is 4.98 Å². The van der Waals surface area contributed by atoms with Gasteiger partial charge in [-0.2, -0.15) is 0 Å². The topological polar surface area (TPSA) is 33.1 Å². The summed E-state index contributed by atoms with van der Waals surface area (Å²) in [5.41, 5.74) is 0. The molecule has 0 bridgehead atoms. The summed E-state index contributed by atoms with van der Waals surface area (Å²) in [6.45, 7) is 0. The Morgan fingerprint density at radius 2 is 1.57 bits per heavy atom. The molecule has 2 rings (SSSR count). The summed E-state index contributed by atoms with van der Waals surface area (Å²) in [5, 5.41) is 8.63. The number of aromatic nitrogens is 1. The molecule has 1 aromatic heterocycles. The van der Waals surface area contributed by atoms with Crippen molar-refractivity contribution in [3.05, 3.63) is 59.3 Å². The van der Waals surface area contributed by atoms with Gasteiger partial charge in [0.1, 0.15) is 10.4 Å². The fraction of sp³-hybridized carbons (Fsp3) is 0. The maximum absolute atomic E-state index is 8.63. The predicted molar refractivity (Wildman–Crippen MR) is 60.0 cm³/mol. The number of aromatic hydroxyl groups is 1. The van der Waals surface area contributed by atoms with Gasteiger partial charge in [-0.25, -0.2) is 4.98 Å². The summed E-state index contributed by atoms with van der Waals surface area (Å²) in [7, 11) is 0. The third-order valence-corrected chi connectivity index (χ3v) is 1.85. The Morgan fingerprint density at radius 3 is 1.86 bits per heavy atom. The quantitative estimate of drug-likeness (QED) is 0.730. The van der Waals surface area contributed by atoms with E-state index in [-0.39, 0.29) is 0 Å². The molecule has 72 valence electrons. The Labute approximate surface area is 91.4 Å². The van der Waals surface area contributed by atoms with Crippen LogP contribution in [0.25, 0.3) is 0 Å². The van der Waals surface area contributed by atoms with Gasteiger partial charge in [-0.1, -0.05) is 24.3 Å². The molecule has 0 amide bonds. The van der Waals surface area contributed by atoms with Gasteiger partial charge < -0.3 is 5.11 Å². The molecular weight excluding hydrogens is 242 g/mol. The molecule has 0 saturated carbocycles. The molecule has 0 aliphatic rings. The molecule has 1 N–H and O–H groups in total. The van der Waals surface area contributed by atoms with Crippen molar-refractivity contribution in [3.63, 3.8) is 0 Å². The summed E-state index contributed by atoms with van der Waals surface area (Å²) < 4.78 is 0.884. The molecule has 0 aliphatic carbocycles. The van der Waals surface area contributed by atoms with Crippen molar-refractivity contribution in [2.45, 2.75) is 0 Å². The zero-order valence-corrected chi connectivity index (χ0v) is 9.05. The van der Waals surface area contributed by atoms with Gasteiger partial charge in [0, 0.05) is 6.20 Å². The number of benzene rings is 1. The smallest absolute Gasteiger partial charge is 0.115 e. The van der Waals surface area contributed by atoms with Crippen molar-refractivity contribution >= 4 is 15.9 Å². The minimum atomic E-state index is 0.322. The second-order valence-electron chi connectivity index (χ2n) is 2.49. The number of hydrogen-bond donors (Lipinski definition) is 1. The second kappa shape index (κ2) is 6.16. The molecule has 0 saturated heterocycles. The van der Waals surface area contributed by atoms with Gasteiger partial charge in [-0.15, -0.1) is 0 Å². The zero-order chi connectivity index (χ0) is 10.2. The predicted octanol–water partition coefficient (Wildman–Crippen LogP) is 3.24. The Hall–Kier alpha value is -1.35. The Bertz CT molecular complexity index is 313. The SMILES string of the molecule is Brc1ccccn1.Oc1ccccc1. The fourth-order valence-electron chi connectivity index (χ4n) is 0.770. The van der Waals surface area contributed by atoms with E-state index in [0.29, 0.717) is 5.75 Å². The first-order valence-electron chi connectivity index (χ1n) is 4.09. The Balaban J connectivity index is 0.000000140. The number of halogens is 1. The van der Waals surface area contributed by atoms with E-state index in [4.69, 9.17) is 5.11 Å². The lowest BCUT2D eigenvalue weighted by atomic mass is 10.3. The number of pyridine rings is 1. The van der Waals surface area contributed by atoms with Gasteiger partial charge in [-0.05, 0) is 40.2 Å². The molecule has 0 spiro atoms. The van der Waals surface area contributed by atoms with Crippen LogP contribution in [0.2, 0.25) is 0 Å². The van der Waals surface area contributed by atoms with Crippen LogP contribution in [0.15, 0.2) is 59.3 Å². The molecule has 0 aliphatic heterocycles. The van der Waals surface area contributed by atoms with Crippen LogP contribution < -0.4 is 0 Å². The first-order valence-corrected chi connectivity index (χ1v) is 4.89. The van der Waals surface area contributed by atoms with Crippen LogP contribution in [-0.2, 0) is 0 Å². The maximum Gasteiger partial charge on any atom is 0.115 e. The number of phenolic OH excluding ortho intramolecular Hbond substituents is 1. The molecular formula is C11H10BrNO. The number of nitrogens with zero attached hydrogens (tertiary/aromatic N) is 1. The van der Waals surface area contributed by atoms with Crippen LogP contribution in [0.3, 0.4) is 0 Å². The van der Waals surface area contributed by atoms with E-state index < -0.39 is 0 Å². The number of rotatable bonds is 0. The molecule has 2 aromatic rings. The van der Waals surface area contributed by atoms with E-state index in [1.807, 2.05) is 24.3 Å². The average molecular weight is 252 g/mol. The number of hydrogen-bond acceptors (Lipinski definition) is 2. The second-order valence-corrected chi connectivity index (χ2v) is 3.30. The van der Waals surface area contributed by atoms with Gasteiger partial charge in [-0.3, -0.25) is 0 Å². The van der Waals surface area contributed by atoms with Gasteiger partial charge in [0.15, 0.2) is 0 Å². The third-order valence-electron chi connectivity index (χ3n) is 1.38. The molecule has 0 unspecified atom stereocenters. The highest BCUT2D eigenvalue weighted by Gasteiger charge is 1.76. The van der Waals surface area contributed by atoms with Gasteiger partial charge in [0.25, 0.3) is 0 Å². The minimum absolute atomic E-state index is 0.322. The summed E-state index contributed by atoms with van der Waals surface area (Å²) in [6.07, 6.45) is 1.74. The number of phenols is 1. The molecule has 14 heavy (non-hydrogen) atoms. The molecule has 3 heteroatoms. The summed E-state index contributed by atoms with van der Waals surface area (Å²) in [5.74, 6) is 0.322. The summed E-state index contributed by atoms with van der Waals surface area (Å²) >= 11 is 3.20. The van der Waals surface area contributed by atoms with Crippen LogP contribution >= 0.6 is 15.9 Å². The van der Waals surface area contributed by atoms with Crippen LogP contribution in [0.4, 0.5) is 0 Å². The van der Waals surface area contributed by atoms with Gasteiger partial charge in [0.2, 0.25) is 0 Å². The van der Waals surface area contributed by atoms with E-state index in [2.05, 4.69) is 20.9 Å². The average Bonchev–Trinajstić information content (AvgIpc) is 2.21. The highest BCUT2D eigenvalue weighted by molar-refractivity contribution is 9.10.